The molecule has 0 heterocycles. The third-order valence-electron chi connectivity index (χ3n) is 2.56. The van der Waals surface area contributed by atoms with Gasteiger partial charge < -0.3 is 0 Å². The Bertz CT molecular complexity index is 345. The first-order valence-corrected chi connectivity index (χ1v) is 5.48. The summed E-state index contributed by atoms with van der Waals surface area (Å²) in [5.41, 5.74) is 2.31. The molecule has 0 aromatic heterocycles. The second-order valence-electron chi connectivity index (χ2n) is 5.16. The van der Waals surface area contributed by atoms with Crippen molar-refractivity contribution in [1.29, 1.82) is 0 Å². The Morgan fingerprint density at radius 3 is 2.47 bits per heavy atom. The topological polar surface area (TPSA) is 17.1 Å². The molecule has 0 atom stereocenters. The van der Waals surface area contributed by atoms with Crippen LogP contribution in [-0.2, 0) is 11.2 Å². The standard InChI is InChI=1S/C14H20O/c1-11-6-5-7-12(10-11)8-9-13(15)14(2,3)4/h5-7,10H,8-9H2,1-4H3. The van der Waals surface area contributed by atoms with Gasteiger partial charge in [-0.2, -0.15) is 0 Å². The SMILES string of the molecule is Cc1cccc(CCC(=O)C(C)(C)C)c1. The Hall–Kier alpha value is -1.11. The predicted molar refractivity (Wildman–Crippen MR) is 64.0 cm³/mol. The minimum absolute atomic E-state index is 0.205. The monoisotopic (exact) mass is 204 g/mol. The van der Waals surface area contributed by atoms with E-state index in [1.165, 1.54) is 11.1 Å². The van der Waals surface area contributed by atoms with Crippen molar-refractivity contribution in [2.45, 2.75) is 40.5 Å². The molecule has 0 unspecified atom stereocenters. The average molecular weight is 204 g/mol. The fourth-order valence-corrected chi connectivity index (χ4v) is 1.50. The smallest absolute Gasteiger partial charge is 0.138 e. The number of rotatable bonds is 3. The van der Waals surface area contributed by atoms with Gasteiger partial charge in [-0.1, -0.05) is 50.6 Å². The van der Waals surface area contributed by atoms with Gasteiger partial charge in [0, 0.05) is 11.8 Å². The molecule has 0 fully saturated rings. The van der Waals surface area contributed by atoms with Gasteiger partial charge in [0.1, 0.15) is 5.78 Å². The third-order valence-corrected chi connectivity index (χ3v) is 2.56. The number of benzene rings is 1. The van der Waals surface area contributed by atoms with Crippen LogP contribution < -0.4 is 0 Å². The molecule has 0 spiro atoms. The van der Waals surface area contributed by atoms with Crippen LogP contribution in [0, 0.1) is 12.3 Å². The summed E-state index contributed by atoms with van der Waals surface area (Å²) in [4.78, 5) is 11.7. The van der Waals surface area contributed by atoms with Crippen LogP contribution >= 0.6 is 0 Å². The fourth-order valence-electron chi connectivity index (χ4n) is 1.50. The van der Waals surface area contributed by atoms with Crippen molar-refractivity contribution in [3.63, 3.8) is 0 Å². The molecule has 0 aliphatic heterocycles. The van der Waals surface area contributed by atoms with Gasteiger partial charge in [-0.05, 0) is 18.9 Å². The average Bonchev–Trinajstić information content (AvgIpc) is 2.12. The molecule has 82 valence electrons. The summed E-state index contributed by atoms with van der Waals surface area (Å²) in [6, 6.07) is 8.36. The first kappa shape index (κ1) is 12.0. The van der Waals surface area contributed by atoms with Crippen LogP contribution in [0.4, 0.5) is 0 Å². The zero-order valence-electron chi connectivity index (χ0n) is 10.1. The Morgan fingerprint density at radius 1 is 1.27 bits per heavy atom. The van der Waals surface area contributed by atoms with Crippen molar-refractivity contribution in [1.82, 2.24) is 0 Å². The van der Waals surface area contributed by atoms with Crippen molar-refractivity contribution >= 4 is 5.78 Å². The molecule has 0 bridgehead atoms. The van der Waals surface area contributed by atoms with Crippen molar-refractivity contribution in [3.8, 4) is 0 Å². The fraction of sp³-hybridized carbons (Fsp3) is 0.500. The highest BCUT2D eigenvalue weighted by molar-refractivity contribution is 5.83. The predicted octanol–water partition coefficient (Wildman–Crippen LogP) is 3.54. The maximum Gasteiger partial charge on any atom is 0.138 e. The molecule has 1 rings (SSSR count). The second-order valence-corrected chi connectivity index (χ2v) is 5.16. The first-order chi connectivity index (χ1) is 6.89. The van der Waals surface area contributed by atoms with Crippen LogP contribution in [-0.4, -0.2) is 5.78 Å². The van der Waals surface area contributed by atoms with Crippen molar-refractivity contribution in [2.24, 2.45) is 5.41 Å². The lowest BCUT2D eigenvalue weighted by atomic mass is 9.87. The number of hydrogen-bond acceptors (Lipinski definition) is 1. The largest absolute Gasteiger partial charge is 0.299 e. The highest BCUT2D eigenvalue weighted by atomic mass is 16.1. The third kappa shape index (κ3) is 3.86. The van der Waals surface area contributed by atoms with Crippen molar-refractivity contribution < 1.29 is 4.79 Å². The highest BCUT2D eigenvalue weighted by Crippen LogP contribution is 2.18. The molecule has 0 aliphatic carbocycles. The zero-order chi connectivity index (χ0) is 11.5. The highest BCUT2D eigenvalue weighted by Gasteiger charge is 2.20. The summed E-state index contributed by atoms with van der Waals surface area (Å²) in [5, 5.41) is 0. The van der Waals surface area contributed by atoms with E-state index in [2.05, 4.69) is 25.1 Å². The molecule has 0 amide bonds. The van der Waals surface area contributed by atoms with E-state index in [-0.39, 0.29) is 5.41 Å². The Kier molecular flexibility index (Phi) is 3.67. The molecule has 1 nitrogen and oxygen atoms in total. The summed E-state index contributed by atoms with van der Waals surface area (Å²) < 4.78 is 0. The van der Waals surface area contributed by atoms with E-state index in [0.717, 1.165) is 6.42 Å². The van der Waals surface area contributed by atoms with E-state index in [4.69, 9.17) is 0 Å². The molecule has 15 heavy (non-hydrogen) atoms. The van der Waals surface area contributed by atoms with Crippen LogP contribution in [0.5, 0.6) is 0 Å². The van der Waals surface area contributed by atoms with Gasteiger partial charge in [-0.25, -0.2) is 0 Å². The minimum Gasteiger partial charge on any atom is -0.299 e. The van der Waals surface area contributed by atoms with Crippen LogP contribution in [0.2, 0.25) is 0 Å². The molecule has 0 saturated heterocycles. The summed E-state index contributed by atoms with van der Waals surface area (Å²) in [6.45, 7) is 8.01. The normalized spacial score (nSPS) is 11.5. The maximum absolute atomic E-state index is 11.7. The van der Waals surface area contributed by atoms with Crippen molar-refractivity contribution in [3.05, 3.63) is 35.4 Å². The molecule has 1 aromatic carbocycles. The lowest BCUT2D eigenvalue weighted by Gasteiger charge is -2.16. The summed E-state index contributed by atoms with van der Waals surface area (Å²) in [6.07, 6.45) is 1.50. The minimum atomic E-state index is -0.205. The first-order valence-electron chi connectivity index (χ1n) is 5.48. The number of hydrogen-bond donors (Lipinski definition) is 0. The van der Waals surface area contributed by atoms with Crippen molar-refractivity contribution in [2.75, 3.05) is 0 Å². The number of aryl methyl sites for hydroxylation is 2. The van der Waals surface area contributed by atoms with Gasteiger partial charge in [-0.3, -0.25) is 4.79 Å². The van der Waals surface area contributed by atoms with Gasteiger partial charge in [0.25, 0.3) is 0 Å². The Labute approximate surface area is 92.5 Å². The Balaban J connectivity index is 2.55. The number of Topliss-reactive ketones (excluding diaryl/α,β-unsaturated/α-hetero) is 1. The van der Waals surface area contributed by atoms with Gasteiger partial charge in [0.2, 0.25) is 0 Å². The van der Waals surface area contributed by atoms with Gasteiger partial charge >= 0.3 is 0 Å². The molecular weight excluding hydrogens is 184 g/mol. The lowest BCUT2D eigenvalue weighted by Crippen LogP contribution is -2.20. The summed E-state index contributed by atoms with van der Waals surface area (Å²) in [5.74, 6) is 0.337. The van der Waals surface area contributed by atoms with E-state index in [1.54, 1.807) is 0 Å². The van der Waals surface area contributed by atoms with E-state index in [9.17, 15) is 4.79 Å². The lowest BCUT2D eigenvalue weighted by molar-refractivity contribution is -0.126. The van der Waals surface area contributed by atoms with E-state index in [0.29, 0.717) is 12.2 Å². The molecule has 0 N–H and O–H groups in total. The second kappa shape index (κ2) is 4.61. The number of ketones is 1. The summed E-state index contributed by atoms with van der Waals surface area (Å²) >= 11 is 0. The van der Waals surface area contributed by atoms with Crippen LogP contribution in [0.3, 0.4) is 0 Å². The van der Waals surface area contributed by atoms with Crippen LogP contribution in [0.1, 0.15) is 38.3 Å². The quantitative estimate of drug-likeness (QED) is 0.736. The van der Waals surface area contributed by atoms with E-state index >= 15 is 0 Å². The molecule has 1 heteroatoms. The number of carbonyl (C=O) groups is 1. The van der Waals surface area contributed by atoms with Gasteiger partial charge in [0.15, 0.2) is 0 Å². The maximum atomic E-state index is 11.7. The molecule has 0 aliphatic rings. The van der Waals surface area contributed by atoms with Crippen LogP contribution in [0.25, 0.3) is 0 Å². The molecular formula is C14H20O. The van der Waals surface area contributed by atoms with E-state index < -0.39 is 0 Å². The zero-order valence-corrected chi connectivity index (χ0v) is 10.1. The molecule has 0 saturated carbocycles. The number of carbonyl (C=O) groups excluding carboxylic acids is 1. The van der Waals surface area contributed by atoms with E-state index in [1.807, 2.05) is 26.8 Å². The summed E-state index contributed by atoms with van der Waals surface area (Å²) in [7, 11) is 0. The molecule has 0 radical (unpaired) electrons. The molecule has 1 aromatic rings. The Morgan fingerprint density at radius 2 is 1.93 bits per heavy atom. The van der Waals surface area contributed by atoms with Gasteiger partial charge in [-0.15, -0.1) is 0 Å². The van der Waals surface area contributed by atoms with Gasteiger partial charge in [0.05, 0.1) is 0 Å². The van der Waals surface area contributed by atoms with Crippen LogP contribution in [0.15, 0.2) is 24.3 Å².